The number of nitrogen functional groups attached to an aromatic ring is 1. The molecule has 0 atom stereocenters. The quantitative estimate of drug-likeness (QED) is 0.738. The molecule has 6 heteroatoms. The number of hydrogen-bond acceptors (Lipinski definition) is 3. The maximum atomic E-state index is 6.00. The summed E-state index contributed by atoms with van der Waals surface area (Å²) in [5.74, 6) is 0.589. The average molecular weight is 384 g/mol. The molecule has 0 saturated carbocycles. The van der Waals surface area contributed by atoms with Crippen LogP contribution in [0.1, 0.15) is 5.56 Å². The van der Waals surface area contributed by atoms with Crippen LogP contribution in [-0.2, 0) is 0 Å². The van der Waals surface area contributed by atoms with Crippen LogP contribution in [0, 0.1) is 0 Å². The van der Waals surface area contributed by atoms with Crippen LogP contribution in [-0.4, -0.2) is 30.6 Å². The standard InChI is InChI=1S/C18H17Cl3N2O/c19-13-5-3-12(4-6-13)2-1-7-23-10-14(11-23)24-18-9-16(21)15(20)8-17(18)22/h1-6,8-9,14H,7,10-11,22H2. The van der Waals surface area contributed by atoms with Crippen LogP contribution in [0.15, 0.2) is 42.5 Å². The number of nitrogens with zero attached hydrogens (tertiary/aromatic N) is 1. The Morgan fingerprint density at radius 2 is 1.75 bits per heavy atom. The average Bonchev–Trinajstić information content (AvgIpc) is 2.51. The van der Waals surface area contributed by atoms with E-state index in [9.17, 15) is 0 Å². The molecule has 126 valence electrons. The maximum Gasteiger partial charge on any atom is 0.144 e. The molecule has 3 nitrogen and oxygen atoms in total. The van der Waals surface area contributed by atoms with Crippen LogP contribution >= 0.6 is 34.8 Å². The maximum absolute atomic E-state index is 6.00. The van der Waals surface area contributed by atoms with E-state index in [1.807, 2.05) is 24.3 Å². The van der Waals surface area contributed by atoms with Gasteiger partial charge in [0.2, 0.25) is 0 Å². The van der Waals surface area contributed by atoms with Gasteiger partial charge in [-0.25, -0.2) is 0 Å². The van der Waals surface area contributed by atoms with Crippen molar-refractivity contribution < 1.29 is 4.74 Å². The third-order valence-corrected chi connectivity index (χ3v) is 4.79. The van der Waals surface area contributed by atoms with Crippen molar-refractivity contribution in [2.24, 2.45) is 0 Å². The summed E-state index contributed by atoms with van der Waals surface area (Å²) >= 11 is 17.8. The summed E-state index contributed by atoms with van der Waals surface area (Å²) in [6.07, 6.45) is 4.34. The molecule has 1 aliphatic rings. The zero-order chi connectivity index (χ0) is 17.1. The largest absolute Gasteiger partial charge is 0.486 e. The molecule has 1 fully saturated rings. The summed E-state index contributed by atoms with van der Waals surface area (Å²) in [6.45, 7) is 2.58. The fourth-order valence-electron chi connectivity index (χ4n) is 2.48. The van der Waals surface area contributed by atoms with Gasteiger partial charge in [0.1, 0.15) is 11.9 Å². The van der Waals surface area contributed by atoms with E-state index < -0.39 is 0 Å². The van der Waals surface area contributed by atoms with E-state index in [1.54, 1.807) is 12.1 Å². The molecule has 1 saturated heterocycles. The molecule has 0 aromatic heterocycles. The van der Waals surface area contributed by atoms with Gasteiger partial charge < -0.3 is 10.5 Å². The Kier molecular flexibility index (Phi) is 5.57. The second-order valence-corrected chi connectivity index (χ2v) is 6.97. The topological polar surface area (TPSA) is 38.5 Å². The molecular formula is C18H17Cl3N2O. The second kappa shape index (κ2) is 7.66. The Labute approximate surface area is 156 Å². The highest BCUT2D eigenvalue weighted by molar-refractivity contribution is 6.42. The van der Waals surface area contributed by atoms with E-state index >= 15 is 0 Å². The first kappa shape index (κ1) is 17.4. The molecule has 2 N–H and O–H groups in total. The Balaban J connectivity index is 1.46. The highest BCUT2D eigenvalue weighted by Crippen LogP contribution is 2.33. The highest BCUT2D eigenvalue weighted by Gasteiger charge is 2.28. The fraction of sp³-hybridized carbons (Fsp3) is 0.222. The molecule has 2 aromatic rings. The Bertz CT molecular complexity index is 741. The molecule has 0 aliphatic carbocycles. The molecule has 24 heavy (non-hydrogen) atoms. The van der Waals surface area contributed by atoms with Gasteiger partial charge in [0.15, 0.2) is 0 Å². The molecular weight excluding hydrogens is 367 g/mol. The molecule has 2 aromatic carbocycles. The van der Waals surface area contributed by atoms with Crippen LogP contribution in [0.5, 0.6) is 5.75 Å². The van der Waals surface area contributed by atoms with Crippen LogP contribution in [0.2, 0.25) is 15.1 Å². The van der Waals surface area contributed by atoms with E-state index in [1.165, 1.54) is 0 Å². The number of hydrogen-bond donors (Lipinski definition) is 1. The SMILES string of the molecule is Nc1cc(Cl)c(Cl)cc1OC1CN(CC=Cc2ccc(Cl)cc2)C1. The van der Waals surface area contributed by atoms with Gasteiger partial charge in [-0.1, -0.05) is 59.1 Å². The Morgan fingerprint density at radius 1 is 1.08 bits per heavy atom. The number of halogens is 3. The molecule has 0 spiro atoms. The molecule has 0 amide bonds. The van der Waals surface area contributed by atoms with E-state index in [2.05, 4.69) is 17.1 Å². The smallest absolute Gasteiger partial charge is 0.144 e. The zero-order valence-corrected chi connectivity index (χ0v) is 15.2. The molecule has 3 rings (SSSR count). The number of anilines is 1. The van der Waals surface area contributed by atoms with E-state index in [4.69, 9.17) is 45.3 Å². The number of ether oxygens (including phenoxy) is 1. The van der Waals surface area contributed by atoms with E-state index in [0.29, 0.717) is 21.5 Å². The molecule has 1 aliphatic heterocycles. The van der Waals surface area contributed by atoms with Crippen LogP contribution < -0.4 is 10.5 Å². The molecule has 0 unspecified atom stereocenters. The minimum Gasteiger partial charge on any atom is -0.486 e. The minimum atomic E-state index is 0.119. The zero-order valence-electron chi connectivity index (χ0n) is 12.9. The van der Waals surface area contributed by atoms with E-state index in [0.717, 1.165) is 30.2 Å². The van der Waals surface area contributed by atoms with Crippen molar-refractivity contribution in [3.05, 3.63) is 63.1 Å². The fourth-order valence-corrected chi connectivity index (χ4v) is 2.94. The normalized spacial score (nSPS) is 15.6. The van der Waals surface area contributed by atoms with Crippen molar-refractivity contribution in [2.45, 2.75) is 6.10 Å². The molecule has 0 radical (unpaired) electrons. The van der Waals surface area contributed by atoms with Gasteiger partial charge in [0.05, 0.1) is 15.7 Å². The van der Waals surface area contributed by atoms with Crippen LogP contribution in [0.3, 0.4) is 0 Å². The molecule has 0 bridgehead atoms. The summed E-state index contributed by atoms with van der Waals surface area (Å²) in [6, 6.07) is 11.0. The van der Waals surface area contributed by atoms with Crippen molar-refractivity contribution in [1.82, 2.24) is 4.90 Å². The number of rotatable bonds is 5. The van der Waals surface area contributed by atoms with Crippen molar-refractivity contribution in [2.75, 3.05) is 25.4 Å². The predicted molar refractivity (Wildman–Crippen MR) is 102 cm³/mol. The van der Waals surface area contributed by atoms with Crippen LogP contribution in [0.4, 0.5) is 5.69 Å². The first-order chi connectivity index (χ1) is 11.5. The lowest BCUT2D eigenvalue weighted by Crippen LogP contribution is -2.53. The van der Waals surface area contributed by atoms with Crippen LogP contribution in [0.25, 0.3) is 6.08 Å². The lowest BCUT2D eigenvalue weighted by atomic mass is 10.1. The van der Waals surface area contributed by atoms with Crippen molar-refractivity contribution in [3.8, 4) is 5.75 Å². The first-order valence-corrected chi connectivity index (χ1v) is 8.70. The van der Waals surface area contributed by atoms with Gasteiger partial charge in [-0.3, -0.25) is 4.90 Å². The summed E-state index contributed by atoms with van der Waals surface area (Å²) in [5.41, 5.74) is 7.55. The van der Waals surface area contributed by atoms with Crippen molar-refractivity contribution in [1.29, 1.82) is 0 Å². The molecule has 1 heterocycles. The highest BCUT2D eigenvalue weighted by atomic mass is 35.5. The predicted octanol–water partition coefficient (Wildman–Crippen LogP) is 5.01. The van der Waals surface area contributed by atoms with Crippen molar-refractivity contribution in [3.63, 3.8) is 0 Å². The number of nitrogens with two attached hydrogens (primary N) is 1. The third-order valence-electron chi connectivity index (χ3n) is 3.81. The lowest BCUT2D eigenvalue weighted by Gasteiger charge is -2.38. The number of benzene rings is 2. The van der Waals surface area contributed by atoms with Crippen molar-refractivity contribution >= 4 is 46.6 Å². The van der Waals surface area contributed by atoms with Gasteiger partial charge in [-0.15, -0.1) is 0 Å². The number of likely N-dealkylation sites (tertiary alicyclic amines) is 1. The van der Waals surface area contributed by atoms with Gasteiger partial charge >= 0.3 is 0 Å². The lowest BCUT2D eigenvalue weighted by molar-refractivity contribution is 0.0288. The van der Waals surface area contributed by atoms with Gasteiger partial charge in [-0.2, -0.15) is 0 Å². The summed E-state index contributed by atoms with van der Waals surface area (Å²) in [4.78, 5) is 2.28. The Morgan fingerprint density at radius 3 is 2.46 bits per heavy atom. The minimum absolute atomic E-state index is 0.119. The summed E-state index contributed by atoms with van der Waals surface area (Å²) < 4.78 is 5.88. The Hall–Kier alpha value is -1.39. The van der Waals surface area contributed by atoms with Gasteiger partial charge in [0, 0.05) is 30.7 Å². The summed E-state index contributed by atoms with van der Waals surface area (Å²) in [7, 11) is 0. The van der Waals surface area contributed by atoms with Gasteiger partial charge in [-0.05, 0) is 23.8 Å². The first-order valence-electron chi connectivity index (χ1n) is 7.57. The monoisotopic (exact) mass is 382 g/mol. The third kappa shape index (κ3) is 4.37. The second-order valence-electron chi connectivity index (χ2n) is 5.72. The van der Waals surface area contributed by atoms with Gasteiger partial charge in [0.25, 0.3) is 0 Å². The summed E-state index contributed by atoms with van der Waals surface area (Å²) in [5, 5.41) is 1.63. The van der Waals surface area contributed by atoms with E-state index in [-0.39, 0.29) is 6.10 Å².